The maximum Gasteiger partial charge on any atom is 0.305 e. The van der Waals surface area contributed by atoms with Gasteiger partial charge in [0.2, 0.25) is 5.91 Å². The Kier molecular flexibility index (Phi) is 5.97. The number of hydrogen-bond acceptors (Lipinski definition) is 4. The Bertz CT molecular complexity index is 260. The molecule has 0 aliphatic carbocycles. The molecule has 5 nitrogen and oxygen atoms in total. The summed E-state index contributed by atoms with van der Waals surface area (Å²) in [6.07, 6.45) is 1.37. The minimum Gasteiger partial charge on any atom is -0.466 e. The molecule has 0 aromatic rings. The van der Waals surface area contributed by atoms with Crippen molar-refractivity contribution in [2.75, 3.05) is 39.8 Å². The summed E-state index contributed by atoms with van der Waals surface area (Å²) in [6, 6.07) is 0. The van der Waals surface area contributed by atoms with E-state index in [4.69, 9.17) is 4.74 Å². The normalized spacial score (nSPS) is 16.9. The van der Waals surface area contributed by atoms with E-state index in [1.54, 1.807) is 6.92 Å². The zero-order chi connectivity index (χ0) is 12.7. The van der Waals surface area contributed by atoms with E-state index < -0.39 is 0 Å². The van der Waals surface area contributed by atoms with Gasteiger partial charge in [0.15, 0.2) is 0 Å². The summed E-state index contributed by atoms with van der Waals surface area (Å²) in [5, 5.41) is 0. The number of carbonyl (C=O) groups is 2. The molecule has 0 spiro atoms. The lowest BCUT2D eigenvalue weighted by Gasteiger charge is -2.32. The molecule has 1 aliphatic heterocycles. The van der Waals surface area contributed by atoms with Gasteiger partial charge in [-0.25, -0.2) is 0 Å². The third-order valence-corrected chi connectivity index (χ3v) is 2.93. The fraction of sp³-hybridized carbons (Fsp3) is 0.833. The molecule has 1 aliphatic rings. The van der Waals surface area contributed by atoms with Gasteiger partial charge < -0.3 is 14.5 Å². The van der Waals surface area contributed by atoms with Crippen molar-refractivity contribution in [2.24, 2.45) is 0 Å². The van der Waals surface area contributed by atoms with E-state index in [1.165, 1.54) is 0 Å². The summed E-state index contributed by atoms with van der Waals surface area (Å²) in [6.45, 7) is 5.66. The van der Waals surface area contributed by atoms with Gasteiger partial charge in [-0.2, -0.15) is 0 Å². The molecule has 0 N–H and O–H groups in total. The molecular formula is C12H22N2O3. The molecular weight excluding hydrogens is 220 g/mol. The zero-order valence-electron chi connectivity index (χ0n) is 10.8. The molecule has 0 aromatic carbocycles. The number of piperazine rings is 1. The minimum atomic E-state index is -0.210. The van der Waals surface area contributed by atoms with E-state index in [0.29, 0.717) is 25.9 Å². The highest BCUT2D eigenvalue weighted by Crippen LogP contribution is 2.05. The van der Waals surface area contributed by atoms with Gasteiger partial charge in [-0.15, -0.1) is 0 Å². The molecule has 5 heteroatoms. The first-order chi connectivity index (χ1) is 8.13. The summed E-state index contributed by atoms with van der Waals surface area (Å²) in [7, 11) is 2.06. The first kappa shape index (κ1) is 14.0. The van der Waals surface area contributed by atoms with Crippen molar-refractivity contribution in [3.63, 3.8) is 0 Å². The topological polar surface area (TPSA) is 49.9 Å². The number of nitrogens with zero attached hydrogens (tertiary/aromatic N) is 2. The molecule has 0 unspecified atom stereocenters. The van der Waals surface area contributed by atoms with Gasteiger partial charge in [0, 0.05) is 39.0 Å². The van der Waals surface area contributed by atoms with Crippen LogP contribution in [0.1, 0.15) is 26.2 Å². The van der Waals surface area contributed by atoms with E-state index in [2.05, 4.69) is 11.9 Å². The van der Waals surface area contributed by atoms with E-state index in [9.17, 15) is 9.59 Å². The number of rotatable bonds is 5. The number of hydrogen-bond donors (Lipinski definition) is 0. The van der Waals surface area contributed by atoms with Crippen LogP contribution in [0.4, 0.5) is 0 Å². The Morgan fingerprint density at radius 3 is 2.35 bits per heavy atom. The smallest absolute Gasteiger partial charge is 0.305 e. The largest absolute Gasteiger partial charge is 0.466 e. The van der Waals surface area contributed by atoms with Gasteiger partial charge in [0.1, 0.15) is 0 Å². The Balaban J connectivity index is 2.14. The maximum atomic E-state index is 11.8. The van der Waals surface area contributed by atoms with E-state index >= 15 is 0 Å². The second-order valence-corrected chi connectivity index (χ2v) is 4.34. The monoisotopic (exact) mass is 242 g/mol. The Labute approximate surface area is 103 Å². The predicted octanol–water partition coefficient (Wildman–Crippen LogP) is 0.494. The number of esters is 1. The highest BCUT2D eigenvalue weighted by Gasteiger charge is 2.18. The van der Waals surface area contributed by atoms with Crippen LogP contribution >= 0.6 is 0 Å². The van der Waals surface area contributed by atoms with Crippen LogP contribution in [0, 0.1) is 0 Å². The van der Waals surface area contributed by atoms with Crippen molar-refractivity contribution in [2.45, 2.75) is 26.2 Å². The Morgan fingerprint density at radius 2 is 1.76 bits per heavy atom. The van der Waals surface area contributed by atoms with Crippen LogP contribution in [-0.4, -0.2) is 61.5 Å². The van der Waals surface area contributed by atoms with E-state index in [0.717, 1.165) is 26.2 Å². The number of carbonyl (C=O) groups excluding carboxylic acids is 2. The van der Waals surface area contributed by atoms with Gasteiger partial charge in [0.05, 0.1) is 6.61 Å². The van der Waals surface area contributed by atoms with Crippen molar-refractivity contribution >= 4 is 11.9 Å². The Hall–Kier alpha value is -1.10. The summed E-state index contributed by atoms with van der Waals surface area (Å²) >= 11 is 0. The van der Waals surface area contributed by atoms with Crippen LogP contribution in [0.25, 0.3) is 0 Å². The molecule has 1 amide bonds. The lowest BCUT2D eigenvalue weighted by molar-refractivity contribution is -0.143. The van der Waals surface area contributed by atoms with Crippen molar-refractivity contribution < 1.29 is 14.3 Å². The summed E-state index contributed by atoms with van der Waals surface area (Å²) in [4.78, 5) is 27.0. The average Bonchev–Trinajstić information content (AvgIpc) is 2.30. The molecule has 1 fully saturated rings. The number of ether oxygens (including phenoxy) is 1. The van der Waals surface area contributed by atoms with Crippen molar-refractivity contribution in [3.8, 4) is 0 Å². The molecule has 1 saturated heterocycles. The standard InChI is InChI=1S/C12H22N2O3/c1-3-17-12(16)6-4-5-11(15)14-9-7-13(2)8-10-14/h3-10H2,1-2H3. The molecule has 0 atom stereocenters. The van der Waals surface area contributed by atoms with Crippen LogP contribution in [0.3, 0.4) is 0 Å². The molecule has 0 bridgehead atoms. The fourth-order valence-corrected chi connectivity index (χ4v) is 1.83. The summed E-state index contributed by atoms with van der Waals surface area (Å²) in [5.74, 6) is -0.0546. The van der Waals surface area contributed by atoms with Crippen LogP contribution in [-0.2, 0) is 14.3 Å². The van der Waals surface area contributed by atoms with Crippen molar-refractivity contribution in [3.05, 3.63) is 0 Å². The van der Waals surface area contributed by atoms with Gasteiger partial charge in [-0.1, -0.05) is 0 Å². The predicted molar refractivity (Wildman–Crippen MR) is 64.6 cm³/mol. The third kappa shape index (κ3) is 5.17. The maximum absolute atomic E-state index is 11.8. The third-order valence-electron chi connectivity index (χ3n) is 2.93. The fourth-order valence-electron chi connectivity index (χ4n) is 1.83. The van der Waals surface area contributed by atoms with Crippen molar-refractivity contribution in [1.82, 2.24) is 9.80 Å². The molecule has 1 rings (SSSR count). The van der Waals surface area contributed by atoms with Gasteiger partial charge in [-0.3, -0.25) is 9.59 Å². The number of amides is 1. The average molecular weight is 242 g/mol. The quantitative estimate of drug-likeness (QED) is 0.659. The molecule has 0 radical (unpaired) electrons. The van der Waals surface area contributed by atoms with E-state index in [-0.39, 0.29) is 11.9 Å². The van der Waals surface area contributed by atoms with Crippen LogP contribution in [0.5, 0.6) is 0 Å². The number of likely N-dealkylation sites (N-methyl/N-ethyl adjacent to an activating group) is 1. The van der Waals surface area contributed by atoms with E-state index in [1.807, 2.05) is 4.90 Å². The SMILES string of the molecule is CCOC(=O)CCCC(=O)N1CCN(C)CC1. The molecule has 98 valence electrons. The first-order valence-corrected chi connectivity index (χ1v) is 6.25. The molecule has 0 saturated carbocycles. The van der Waals surface area contributed by atoms with Gasteiger partial charge >= 0.3 is 5.97 Å². The van der Waals surface area contributed by atoms with Crippen LogP contribution in [0.2, 0.25) is 0 Å². The van der Waals surface area contributed by atoms with Crippen LogP contribution < -0.4 is 0 Å². The zero-order valence-corrected chi connectivity index (χ0v) is 10.8. The summed E-state index contributed by atoms with van der Waals surface area (Å²) in [5.41, 5.74) is 0. The highest BCUT2D eigenvalue weighted by atomic mass is 16.5. The highest BCUT2D eigenvalue weighted by molar-refractivity contribution is 5.77. The molecule has 17 heavy (non-hydrogen) atoms. The van der Waals surface area contributed by atoms with Gasteiger partial charge in [-0.05, 0) is 20.4 Å². The van der Waals surface area contributed by atoms with Gasteiger partial charge in [0.25, 0.3) is 0 Å². The second-order valence-electron chi connectivity index (χ2n) is 4.34. The molecule has 0 aromatic heterocycles. The van der Waals surface area contributed by atoms with Crippen molar-refractivity contribution in [1.29, 1.82) is 0 Å². The lowest BCUT2D eigenvalue weighted by atomic mass is 10.2. The Morgan fingerprint density at radius 1 is 1.12 bits per heavy atom. The first-order valence-electron chi connectivity index (χ1n) is 6.25. The lowest BCUT2D eigenvalue weighted by Crippen LogP contribution is -2.47. The molecule has 1 heterocycles. The summed E-state index contributed by atoms with van der Waals surface area (Å²) < 4.78 is 4.81. The van der Waals surface area contributed by atoms with Crippen LogP contribution in [0.15, 0.2) is 0 Å². The second kappa shape index (κ2) is 7.27. The minimum absolute atomic E-state index is 0.155.